The number of benzene rings is 2. The highest BCUT2D eigenvalue weighted by Crippen LogP contribution is 2.32. The van der Waals surface area contributed by atoms with Crippen LogP contribution in [0.2, 0.25) is 0 Å². The van der Waals surface area contributed by atoms with Gasteiger partial charge >= 0.3 is 0 Å². The average Bonchev–Trinajstić information content (AvgIpc) is 2.74. The van der Waals surface area contributed by atoms with Crippen LogP contribution in [0, 0.1) is 17.1 Å². The maximum Gasteiger partial charge on any atom is 0.163 e. The zero-order chi connectivity index (χ0) is 18.8. The molecule has 4 rings (SSSR count). The highest BCUT2D eigenvalue weighted by molar-refractivity contribution is 5.94. The van der Waals surface area contributed by atoms with E-state index in [2.05, 4.69) is 26.3 Å². The number of fused-ring (bicyclic) bond motifs is 1. The van der Waals surface area contributed by atoms with Crippen LogP contribution in [0.15, 0.2) is 60.9 Å². The number of nitriles is 1. The van der Waals surface area contributed by atoms with Crippen molar-refractivity contribution in [2.24, 2.45) is 0 Å². The minimum atomic E-state index is -0.452. The predicted molar refractivity (Wildman–Crippen MR) is 102 cm³/mol. The fourth-order valence-corrected chi connectivity index (χ4v) is 2.96. The van der Waals surface area contributed by atoms with Crippen molar-refractivity contribution in [3.05, 3.63) is 72.3 Å². The van der Waals surface area contributed by atoms with Gasteiger partial charge in [-0.05, 0) is 35.9 Å². The Hall–Kier alpha value is -3.85. The van der Waals surface area contributed by atoms with Crippen molar-refractivity contribution in [2.75, 3.05) is 12.4 Å². The number of halogens is 1. The smallest absolute Gasteiger partial charge is 0.163 e. The quantitative estimate of drug-likeness (QED) is 0.589. The van der Waals surface area contributed by atoms with Crippen LogP contribution >= 0.6 is 0 Å². The number of anilines is 1. The van der Waals surface area contributed by atoms with Crippen molar-refractivity contribution in [2.45, 2.75) is 0 Å². The van der Waals surface area contributed by atoms with E-state index in [0.717, 1.165) is 0 Å². The van der Waals surface area contributed by atoms with E-state index < -0.39 is 5.82 Å². The van der Waals surface area contributed by atoms with Crippen molar-refractivity contribution in [1.29, 1.82) is 5.26 Å². The van der Waals surface area contributed by atoms with Gasteiger partial charge in [0.25, 0.3) is 0 Å². The molecule has 0 unspecified atom stereocenters. The van der Waals surface area contributed by atoms with Gasteiger partial charge in [0.2, 0.25) is 0 Å². The van der Waals surface area contributed by atoms with E-state index in [4.69, 9.17) is 5.26 Å². The van der Waals surface area contributed by atoms with Gasteiger partial charge in [0, 0.05) is 36.0 Å². The van der Waals surface area contributed by atoms with Crippen LogP contribution in [0.1, 0.15) is 5.56 Å². The van der Waals surface area contributed by atoms with Crippen LogP contribution in [-0.4, -0.2) is 22.0 Å². The molecule has 2 heterocycles. The third-order valence-corrected chi connectivity index (χ3v) is 4.27. The highest BCUT2D eigenvalue weighted by atomic mass is 19.1. The molecular weight excluding hydrogens is 341 g/mol. The summed E-state index contributed by atoms with van der Waals surface area (Å²) in [6, 6.07) is 16.0. The zero-order valence-electron chi connectivity index (χ0n) is 14.4. The van der Waals surface area contributed by atoms with E-state index in [0.29, 0.717) is 39.3 Å². The first-order valence-electron chi connectivity index (χ1n) is 8.30. The van der Waals surface area contributed by atoms with E-state index in [-0.39, 0.29) is 5.52 Å². The van der Waals surface area contributed by atoms with Crippen LogP contribution < -0.4 is 5.32 Å². The summed E-state index contributed by atoms with van der Waals surface area (Å²) in [5.41, 5.74) is 2.40. The number of hydrogen-bond donors (Lipinski definition) is 1. The highest BCUT2D eigenvalue weighted by Gasteiger charge is 2.16. The number of aromatic nitrogens is 3. The standard InChI is InChI=1S/C21H14FN5/c1-24-21-17-8-7-16(14-5-2-4-13(10-14)11-23)18(22)19(17)26-20(27-21)15-6-3-9-25-12-15/h2-10,12H,1H3,(H,24,26,27). The van der Waals surface area contributed by atoms with Gasteiger partial charge in [0.15, 0.2) is 11.6 Å². The Labute approximate surface area is 155 Å². The summed E-state index contributed by atoms with van der Waals surface area (Å²) >= 11 is 0. The van der Waals surface area contributed by atoms with Gasteiger partial charge in [-0.1, -0.05) is 18.2 Å². The summed E-state index contributed by atoms with van der Waals surface area (Å²) in [5, 5.41) is 12.7. The number of nitrogens with one attached hydrogen (secondary N) is 1. The van der Waals surface area contributed by atoms with Crippen LogP contribution in [0.3, 0.4) is 0 Å². The summed E-state index contributed by atoms with van der Waals surface area (Å²) < 4.78 is 15.4. The third kappa shape index (κ3) is 2.96. The van der Waals surface area contributed by atoms with Gasteiger partial charge < -0.3 is 5.32 Å². The molecule has 0 radical (unpaired) electrons. The third-order valence-electron chi connectivity index (χ3n) is 4.27. The number of nitrogens with zero attached hydrogens (tertiary/aromatic N) is 4. The second-order valence-corrected chi connectivity index (χ2v) is 5.90. The normalized spacial score (nSPS) is 10.6. The maximum atomic E-state index is 15.4. The molecule has 27 heavy (non-hydrogen) atoms. The number of pyridine rings is 1. The van der Waals surface area contributed by atoms with Gasteiger partial charge in [0.1, 0.15) is 11.3 Å². The molecule has 5 nitrogen and oxygen atoms in total. The van der Waals surface area contributed by atoms with Crippen molar-refractivity contribution in [3.63, 3.8) is 0 Å². The van der Waals surface area contributed by atoms with E-state index in [1.807, 2.05) is 6.07 Å². The second kappa shape index (κ2) is 6.81. The number of hydrogen-bond acceptors (Lipinski definition) is 5. The summed E-state index contributed by atoms with van der Waals surface area (Å²) in [7, 11) is 1.73. The first-order chi connectivity index (χ1) is 13.2. The molecule has 0 atom stereocenters. The summed E-state index contributed by atoms with van der Waals surface area (Å²) in [6.45, 7) is 0. The molecule has 0 amide bonds. The average molecular weight is 355 g/mol. The van der Waals surface area contributed by atoms with Gasteiger partial charge in [-0.25, -0.2) is 14.4 Å². The van der Waals surface area contributed by atoms with E-state index in [1.54, 1.807) is 61.9 Å². The minimum Gasteiger partial charge on any atom is -0.373 e. The molecule has 0 saturated carbocycles. The molecule has 130 valence electrons. The number of rotatable bonds is 3. The molecular formula is C21H14FN5. The zero-order valence-corrected chi connectivity index (χ0v) is 14.4. The summed E-state index contributed by atoms with van der Waals surface area (Å²) in [5.74, 6) is 0.475. The fourth-order valence-electron chi connectivity index (χ4n) is 2.96. The van der Waals surface area contributed by atoms with Crippen molar-refractivity contribution >= 4 is 16.7 Å². The lowest BCUT2D eigenvalue weighted by Gasteiger charge is -2.11. The van der Waals surface area contributed by atoms with Crippen LogP contribution in [0.5, 0.6) is 0 Å². The van der Waals surface area contributed by atoms with Gasteiger partial charge in [-0.2, -0.15) is 5.26 Å². The molecule has 0 bridgehead atoms. The summed E-state index contributed by atoms with van der Waals surface area (Å²) in [4.78, 5) is 13.0. The molecule has 2 aromatic heterocycles. The Morgan fingerprint density at radius 2 is 1.89 bits per heavy atom. The molecule has 4 aromatic rings. The molecule has 6 heteroatoms. The maximum absolute atomic E-state index is 15.4. The SMILES string of the molecule is CNc1nc(-c2cccnc2)nc2c(F)c(-c3cccc(C#N)c3)ccc12. The Morgan fingerprint density at radius 1 is 1.04 bits per heavy atom. The molecule has 0 aliphatic rings. The van der Waals surface area contributed by atoms with E-state index >= 15 is 4.39 Å². The molecule has 2 aromatic carbocycles. The second-order valence-electron chi connectivity index (χ2n) is 5.90. The lowest BCUT2D eigenvalue weighted by molar-refractivity contribution is 0.640. The topological polar surface area (TPSA) is 74.5 Å². The molecule has 0 fully saturated rings. The molecule has 1 N–H and O–H groups in total. The van der Waals surface area contributed by atoms with Gasteiger partial charge in [-0.3, -0.25) is 4.98 Å². The Bertz CT molecular complexity index is 1180. The van der Waals surface area contributed by atoms with E-state index in [9.17, 15) is 0 Å². The largest absolute Gasteiger partial charge is 0.373 e. The minimum absolute atomic E-state index is 0.216. The van der Waals surface area contributed by atoms with Crippen molar-refractivity contribution in [3.8, 4) is 28.6 Å². The Morgan fingerprint density at radius 3 is 2.63 bits per heavy atom. The van der Waals surface area contributed by atoms with Gasteiger partial charge in [-0.15, -0.1) is 0 Å². The Kier molecular flexibility index (Phi) is 4.19. The first kappa shape index (κ1) is 16.6. The lowest BCUT2D eigenvalue weighted by Crippen LogP contribution is -2.01. The monoisotopic (exact) mass is 355 g/mol. The molecule has 0 aliphatic carbocycles. The van der Waals surface area contributed by atoms with Crippen LogP contribution in [0.4, 0.5) is 10.2 Å². The molecule has 0 saturated heterocycles. The summed E-state index contributed by atoms with van der Waals surface area (Å²) in [6.07, 6.45) is 3.29. The van der Waals surface area contributed by atoms with Crippen LogP contribution in [-0.2, 0) is 0 Å². The van der Waals surface area contributed by atoms with Gasteiger partial charge in [0.05, 0.1) is 11.6 Å². The predicted octanol–water partition coefficient (Wildman–Crippen LogP) is 4.41. The first-order valence-corrected chi connectivity index (χ1v) is 8.30. The Balaban J connectivity index is 1.97. The lowest BCUT2D eigenvalue weighted by atomic mass is 10.0. The van der Waals surface area contributed by atoms with E-state index in [1.165, 1.54) is 0 Å². The fraction of sp³-hybridized carbons (Fsp3) is 0.0476. The van der Waals surface area contributed by atoms with Crippen molar-refractivity contribution in [1.82, 2.24) is 15.0 Å². The molecule has 0 aliphatic heterocycles. The van der Waals surface area contributed by atoms with Crippen LogP contribution in [0.25, 0.3) is 33.4 Å². The van der Waals surface area contributed by atoms with Crippen molar-refractivity contribution < 1.29 is 4.39 Å². The molecule has 0 spiro atoms.